The number of methoxy groups -OCH3 is 1. The van der Waals surface area contributed by atoms with Crippen LogP contribution in [0.4, 0.5) is 4.79 Å². The van der Waals surface area contributed by atoms with E-state index in [1.165, 1.54) is 7.11 Å². The predicted molar refractivity (Wildman–Crippen MR) is 209 cm³/mol. The molecule has 10 atom stereocenters. The molecule has 2 aliphatic rings. The first-order valence-electron chi connectivity index (χ1n) is 19.2. The molecule has 2 aliphatic heterocycles. The molecule has 60 heavy (non-hydrogen) atoms. The third-order valence-electron chi connectivity index (χ3n) is 9.69. The van der Waals surface area contributed by atoms with Gasteiger partial charge in [-0.2, -0.15) is 0 Å². The van der Waals surface area contributed by atoms with Crippen LogP contribution < -0.4 is 5.32 Å². The lowest BCUT2D eigenvalue weighted by atomic mass is 9.94. The van der Waals surface area contributed by atoms with Crippen molar-refractivity contribution in [2.45, 2.75) is 88.1 Å². The van der Waals surface area contributed by atoms with Gasteiger partial charge < -0.3 is 58.2 Å². The largest absolute Gasteiger partial charge is 0.479 e. The highest BCUT2D eigenvalue weighted by molar-refractivity contribution is 5.89. The number of amides is 1. The van der Waals surface area contributed by atoms with Gasteiger partial charge in [-0.3, -0.25) is 4.79 Å². The van der Waals surface area contributed by atoms with Crippen LogP contribution in [-0.4, -0.2) is 109 Å². The third-order valence-corrected chi connectivity index (χ3v) is 9.69. The van der Waals surface area contributed by atoms with Crippen LogP contribution in [0.3, 0.4) is 0 Å². The number of alkyl carbamates (subject to hydrolysis) is 1. The summed E-state index contributed by atoms with van der Waals surface area (Å²) in [6.45, 7) is 0.410. The number of carboxylic acids is 1. The van der Waals surface area contributed by atoms with E-state index >= 15 is 0 Å². The lowest BCUT2D eigenvalue weighted by molar-refractivity contribution is -0.349. The standard InChI is InChI=1S/C44H47NO15/c1-27(46)57-39-37(54-24-29-17-9-4-10-18-29)34(47)38(40(48)49)60-43(39)59-35-32(26-55-41(50)31-21-13-6-14-22-31)58-42(52-2)33(36(35)53-23-28-15-7-3-8-16-28)45-44(51)56-25-30-19-11-5-12-20-30/h3-22,32-39,42-43,47H,23-26H2,1-2H3,(H,45,51)(H,48,49)/t32-,33-,34+,35-,36-,37+,38-,39-,42+,43-/m1/s1. The fourth-order valence-corrected chi connectivity index (χ4v) is 6.81. The van der Waals surface area contributed by atoms with Gasteiger partial charge in [0, 0.05) is 14.0 Å². The number of carbonyl (C=O) groups excluding carboxylic acids is 3. The van der Waals surface area contributed by atoms with Crippen LogP contribution in [-0.2, 0) is 72.0 Å². The number of aliphatic hydroxyl groups excluding tert-OH is 1. The molecule has 4 aromatic carbocycles. The van der Waals surface area contributed by atoms with Gasteiger partial charge >= 0.3 is 24.0 Å². The second-order valence-electron chi connectivity index (χ2n) is 13.9. The molecule has 318 valence electrons. The van der Waals surface area contributed by atoms with Crippen LogP contribution in [0, 0.1) is 0 Å². The number of benzene rings is 4. The Morgan fingerprint density at radius 2 is 1.18 bits per heavy atom. The number of hydrogen-bond donors (Lipinski definition) is 3. The normalized spacial score (nSPS) is 26.3. The highest BCUT2D eigenvalue weighted by Gasteiger charge is 2.56. The Morgan fingerprint density at radius 3 is 1.72 bits per heavy atom. The highest BCUT2D eigenvalue weighted by Crippen LogP contribution is 2.34. The smallest absolute Gasteiger partial charge is 0.407 e. The molecule has 6 rings (SSSR count). The molecule has 2 saturated heterocycles. The van der Waals surface area contributed by atoms with E-state index in [0.717, 1.165) is 18.1 Å². The first-order chi connectivity index (χ1) is 29.1. The Balaban J connectivity index is 1.36. The number of aliphatic carboxylic acids is 1. The molecule has 0 radical (unpaired) electrons. The van der Waals surface area contributed by atoms with Gasteiger partial charge in [0.1, 0.15) is 49.8 Å². The maximum Gasteiger partial charge on any atom is 0.407 e. The van der Waals surface area contributed by atoms with Gasteiger partial charge in [-0.05, 0) is 28.8 Å². The van der Waals surface area contributed by atoms with Crippen molar-refractivity contribution >= 4 is 24.0 Å². The SMILES string of the molecule is CO[C@H]1O[C@H](COC(=O)c2ccccc2)[C@@H](O[C@@H]2O[C@@H](C(=O)O)[C@@H](O)[C@H](OCc3ccccc3)[C@H]2OC(C)=O)[C@H](OCc2ccccc2)[C@H]1NC(=O)OCc1ccccc1. The van der Waals surface area contributed by atoms with E-state index < -0.39 is 92.0 Å². The molecule has 0 saturated carbocycles. The summed E-state index contributed by atoms with van der Waals surface area (Å²) in [7, 11) is 1.34. The van der Waals surface area contributed by atoms with Crippen LogP contribution in [0.25, 0.3) is 0 Å². The molecule has 0 unspecified atom stereocenters. The lowest BCUT2D eigenvalue weighted by Gasteiger charge is -2.48. The van der Waals surface area contributed by atoms with Crippen LogP contribution >= 0.6 is 0 Å². The average molecular weight is 830 g/mol. The minimum Gasteiger partial charge on any atom is -0.479 e. The maximum absolute atomic E-state index is 13.5. The molecule has 16 nitrogen and oxygen atoms in total. The van der Waals surface area contributed by atoms with Crippen molar-refractivity contribution in [1.29, 1.82) is 0 Å². The van der Waals surface area contributed by atoms with E-state index in [2.05, 4.69) is 5.32 Å². The average Bonchev–Trinajstić information content (AvgIpc) is 3.26. The first kappa shape index (κ1) is 43.8. The fraction of sp³-hybridized carbons (Fsp3) is 0.364. The van der Waals surface area contributed by atoms with Crippen molar-refractivity contribution < 1.29 is 72.0 Å². The van der Waals surface area contributed by atoms with Gasteiger partial charge in [0.15, 0.2) is 24.8 Å². The summed E-state index contributed by atoms with van der Waals surface area (Å²) in [5, 5.41) is 24.3. The number of ether oxygens (including phenoxy) is 9. The summed E-state index contributed by atoms with van der Waals surface area (Å²) in [5.74, 6) is -3.08. The number of nitrogens with one attached hydrogen (secondary N) is 1. The lowest BCUT2D eigenvalue weighted by Crippen LogP contribution is -2.68. The monoisotopic (exact) mass is 829 g/mol. The summed E-state index contributed by atoms with van der Waals surface area (Å²) in [6.07, 6.45) is -14.7. The molecule has 3 N–H and O–H groups in total. The number of carbonyl (C=O) groups is 4. The van der Waals surface area contributed by atoms with E-state index in [9.17, 15) is 29.4 Å². The Labute approximate surface area is 346 Å². The van der Waals surface area contributed by atoms with Gasteiger partial charge in [0.2, 0.25) is 0 Å². The molecule has 16 heteroatoms. The number of carboxylic acid groups (broad SMARTS) is 1. The second kappa shape index (κ2) is 21.5. The Kier molecular flexibility index (Phi) is 15.7. The van der Waals surface area contributed by atoms with E-state index in [1.807, 2.05) is 36.4 Å². The zero-order valence-corrected chi connectivity index (χ0v) is 32.9. The molecule has 0 spiro atoms. The minimum atomic E-state index is -1.93. The Morgan fingerprint density at radius 1 is 0.650 bits per heavy atom. The molecule has 0 aromatic heterocycles. The molecule has 2 fully saturated rings. The van der Waals surface area contributed by atoms with Crippen molar-refractivity contribution in [2.24, 2.45) is 0 Å². The second-order valence-corrected chi connectivity index (χ2v) is 13.9. The molecule has 4 aromatic rings. The fourth-order valence-electron chi connectivity index (χ4n) is 6.81. The number of aliphatic hydroxyl groups is 1. The number of rotatable bonds is 17. The van der Waals surface area contributed by atoms with Crippen molar-refractivity contribution in [2.75, 3.05) is 13.7 Å². The Bertz CT molecular complexity index is 1970. The summed E-state index contributed by atoms with van der Waals surface area (Å²) in [4.78, 5) is 51.9. The zero-order chi connectivity index (χ0) is 42.4. The minimum absolute atomic E-state index is 0.0479. The molecule has 2 heterocycles. The predicted octanol–water partition coefficient (Wildman–Crippen LogP) is 4.17. The van der Waals surface area contributed by atoms with E-state index in [0.29, 0.717) is 5.56 Å². The van der Waals surface area contributed by atoms with Crippen molar-refractivity contribution in [1.82, 2.24) is 5.32 Å². The van der Waals surface area contributed by atoms with Crippen LogP contribution in [0.15, 0.2) is 121 Å². The quantitative estimate of drug-likeness (QED) is 0.101. The highest BCUT2D eigenvalue weighted by atomic mass is 16.8. The van der Waals surface area contributed by atoms with Gasteiger partial charge in [-0.15, -0.1) is 0 Å². The Hall–Kier alpha value is -5.72. The molecule has 0 aliphatic carbocycles. The van der Waals surface area contributed by atoms with E-state index in [-0.39, 0.29) is 25.4 Å². The van der Waals surface area contributed by atoms with Gasteiger partial charge in [-0.25, -0.2) is 14.4 Å². The van der Waals surface area contributed by atoms with Crippen molar-refractivity contribution in [3.05, 3.63) is 144 Å². The molecule has 1 amide bonds. The van der Waals surface area contributed by atoms with Gasteiger partial charge in [-0.1, -0.05) is 109 Å². The molecule has 0 bridgehead atoms. The molecular formula is C44H47NO15. The van der Waals surface area contributed by atoms with E-state index in [1.54, 1.807) is 84.9 Å². The zero-order valence-electron chi connectivity index (χ0n) is 32.9. The summed E-state index contributed by atoms with van der Waals surface area (Å²) >= 11 is 0. The van der Waals surface area contributed by atoms with Gasteiger partial charge in [0.25, 0.3) is 0 Å². The number of esters is 2. The van der Waals surface area contributed by atoms with Crippen molar-refractivity contribution in [3.63, 3.8) is 0 Å². The van der Waals surface area contributed by atoms with E-state index in [4.69, 9.17) is 42.6 Å². The topological polar surface area (TPSA) is 204 Å². The maximum atomic E-state index is 13.5. The third kappa shape index (κ3) is 11.7. The van der Waals surface area contributed by atoms with Crippen molar-refractivity contribution in [3.8, 4) is 0 Å². The summed E-state index contributed by atoms with van der Waals surface area (Å²) < 4.78 is 54.1. The number of hydrogen-bond acceptors (Lipinski definition) is 14. The summed E-state index contributed by atoms with van der Waals surface area (Å²) in [6, 6.07) is 33.9. The van der Waals surface area contributed by atoms with Gasteiger partial charge in [0.05, 0.1) is 18.8 Å². The van der Waals surface area contributed by atoms with Crippen LogP contribution in [0.1, 0.15) is 34.0 Å². The summed E-state index contributed by atoms with van der Waals surface area (Å²) in [5.41, 5.74) is 2.37. The van der Waals surface area contributed by atoms with Crippen LogP contribution in [0.2, 0.25) is 0 Å². The molecular weight excluding hydrogens is 782 g/mol. The first-order valence-corrected chi connectivity index (χ1v) is 19.2. The van der Waals surface area contributed by atoms with Crippen LogP contribution in [0.5, 0.6) is 0 Å².